The third-order valence-corrected chi connectivity index (χ3v) is 3.80. The molecule has 0 saturated carbocycles. The van der Waals surface area contributed by atoms with Gasteiger partial charge in [-0.25, -0.2) is 0 Å². The highest BCUT2D eigenvalue weighted by Gasteiger charge is 2.03. The molecule has 0 amide bonds. The van der Waals surface area contributed by atoms with Gasteiger partial charge >= 0.3 is 5.97 Å². The maximum atomic E-state index is 11.5. The Labute approximate surface area is 136 Å². The van der Waals surface area contributed by atoms with Gasteiger partial charge in [-0.1, -0.05) is 51.9 Å². The molecule has 0 aliphatic rings. The third kappa shape index (κ3) is 15.5. The van der Waals surface area contributed by atoms with E-state index in [1.165, 1.54) is 38.5 Å². The summed E-state index contributed by atoms with van der Waals surface area (Å²) in [6.07, 6.45) is 13.6. The van der Waals surface area contributed by atoms with E-state index in [0.29, 0.717) is 31.7 Å². The second-order valence-electron chi connectivity index (χ2n) is 6.04. The van der Waals surface area contributed by atoms with Gasteiger partial charge in [0.2, 0.25) is 0 Å². The van der Waals surface area contributed by atoms with Crippen LogP contribution in [0.15, 0.2) is 0 Å². The van der Waals surface area contributed by atoms with Gasteiger partial charge in [-0.2, -0.15) is 0 Å². The summed E-state index contributed by atoms with van der Waals surface area (Å²) in [7, 11) is 0. The van der Waals surface area contributed by atoms with Crippen molar-refractivity contribution in [1.29, 1.82) is 5.41 Å². The quantitative estimate of drug-likeness (QED) is 0.248. The Morgan fingerprint density at radius 3 is 2.09 bits per heavy atom. The average molecular weight is 312 g/mol. The fourth-order valence-corrected chi connectivity index (χ4v) is 2.39. The number of nitrogens with two attached hydrogens (primary N) is 1. The highest BCUT2D eigenvalue weighted by atomic mass is 16.5. The lowest BCUT2D eigenvalue weighted by molar-refractivity contribution is -0.143. The van der Waals surface area contributed by atoms with Crippen molar-refractivity contribution in [2.45, 2.75) is 90.4 Å². The van der Waals surface area contributed by atoms with Gasteiger partial charge in [-0.15, -0.1) is 0 Å². The van der Waals surface area contributed by atoms with E-state index < -0.39 is 0 Å². The maximum absolute atomic E-state index is 11.5. The van der Waals surface area contributed by atoms with Crippen molar-refractivity contribution < 1.29 is 9.53 Å². The minimum absolute atomic E-state index is 0.0838. The Morgan fingerprint density at radius 1 is 0.864 bits per heavy atom. The molecule has 0 aliphatic carbocycles. The first-order valence-corrected chi connectivity index (χ1v) is 9.12. The van der Waals surface area contributed by atoms with Crippen LogP contribution in [0.4, 0.5) is 0 Å². The van der Waals surface area contributed by atoms with Crippen LogP contribution in [0.5, 0.6) is 0 Å². The minimum Gasteiger partial charge on any atom is -0.466 e. The van der Waals surface area contributed by atoms with E-state index in [2.05, 4.69) is 6.92 Å². The average Bonchev–Trinajstić information content (AvgIpc) is 2.52. The molecule has 0 atom stereocenters. The lowest BCUT2D eigenvalue weighted by atomic mass is 10.1. The van der Waals surface area contributed by atoms with Crippen molar-refractivity contribution in [3.8, 4) is 0 Å². The number of hydrogen-bond donors (Lipinski definition) is 2. The van der Waals surface area contributed by atoms with Gasteiger partial charge < -0.3 is 15.9 Å². The van der Waals surface area contributed by atoms with Gasteiger partial charge in [-0.3, -0.25) is 4.79 Å². The Bertz CT molecular complexity index is 280. The van der Waals surface area contributed by atoms with Gasteiger partial charge in [-0.05, 0) is 38.6 Å². The summed E-state index contributed by atoms with van der Waals surface area (Å²) in [6, 6.07) is 0. The molecule has 4 heteroatoms. The summed E-state index contributed by atoms with van der Waals surface area (Å²) in [5, 5.41) is 7.70. The van der Waals surface area contributed by atoms with Crippen molar-refractivity contribution in [2.75, 3.05) is 13.2 Å². The molecule has 0 unspecified atom stereocenters. The van der Waals surface area contributed by atoms with Crippen LogP contribution in [-0.2, 0) is 9.53 Å². The molecule has 0 heterocycles. The molecule has 0 radical (unpaired) electrons. The number of nitrogens with one attached hydrogen (secondary N) is 1. The topological polar surface area (TPSA) is 76.2 Å². The molecule has 4 nitrogen and oxygen atoms in total. The van der Waals surface area contributed by atoms with Crippen LogP contribution in [0.1, 0.15) is 90.4 Å². The van der Waals surface area contributed by atoms with Gasteiger partial charge in [0.1, 0.15) is 0 Å². The number of rotatable bonds is 16. The molecule has 22 heavy (non-hydrogen) atoms. The summed E-state index contributed by atoms with van der Waals surface area (Å²) in [5.74, 6) is -0.0838. The van der Waals surface area contributed by atoms with Crippen LogP contribution in [-0.4, -0.2) is 24.8 Å². The lowest BCUT2D eigenvalue weighted by Crippen LogP contribution is -2.08. The van der Waals surface area contributed by atoms with Gasteiger partial charge in [0.05, 0.1) is 6.61 Å². The number of esters is 1. The van der Waals surface area contributed by atoms with E-state index in [9.17, 15) is 4.79 Å². The summed E-state index contributed by atoms with van der Waals surface area (Å²) >= 11 is 0. The fraction of sp³-hybridized carbons (Fsp3) is 0.889. The highest BCUT2D eigenvalue weighted by molar-refractivity contribution is 5.81. The molecule has 0 saturated heterocycles. The van der Waals surface area contributed by atoms with Crippen LogP contribution >= 0.6 is 0 Å². The largest absolute Gasteiger partial charge is 0.466 e. The first kappa shape index (κ1) is 21.1. The molecule has 0 aromatic heterocycles. The predicted octanol–water partition coefficient (Wildman–Crippen LogP) is 4.60. The smallest absolute Gasteiger partial charge is 0.305 e. The first-order valence-electron chi connectivity index (χ1n) is 9.12. The van der Waals surface area contributed by atoms with E-state index in [1.807, 2.05) is 0 Å². The second kappa shape index (κ2) is 16.5. The molecule has 0 aliphatic heterocycles. The van der Waals surface area contributed by atoms with E-state index >= 15 is 0 Å². The summed E-state index contributed by atoms with van der Waals surface area (Å²) in [5.41, 5.74) is 6.12. The number of carbonyl (C=O) groups is 1. The molecule has 0 rings (SSSR count). The number of unbranched alkanes of at least 4 members (excludes halogenated alkanes) is 7. The highest BCUT2D eigenvalue weighted by Crippen LogP contribution is 2.10. The van der Waals surface area contributed by atoms with Crippen LogP contribution < -0.4 is 5.73 Å². The fourth-order valence-electron chi connectivity index (χ4n) is 2.39. The molecular weight excluding hydrogens is 276 g/mol. The standard InChI is InChI=1S/C18H36N2O2/c1-2-3-4-5-6-7-8-9-14-18(21)22-16-11-13-17(20)12-10-15-19/h20H,2-16,19H2,1H3. The van der Waals surface area contributed by atoms with E-state index in [4.69, 9.17) is 15.9 Å². The zero-order valence-corrected chi connectivity index (χ0v) is 14.5. The van der Waals surface area contributed by atoms with Crippen LogP contribution in [0.2, 0.25) is 0 Å². The summed E-state index contributed by atoms with van der Waals surface area (Å²) in [6.45, 7) is 3.31. The Hall–Kier alpha value is -0.900. The van der Waals surface area contributed by atoms with Crippen LogP contribution in [0.3, 0.4) is 0 Å². The Balaban J connectivity index is 3.27. The SMILES string of the molecule is CCCCCCCCCCC(=O)OCCCC(=N)CCCN. The van der Waals surface area contributed by atoms with Gasteiger partial charge in [0, 0.05) is 12.1 Å². The van der Waals surface area contributed by atoms with Crippen molar-refractivity contribution in [3.05, 3.63) is 0 Å². The molecule has 0 aromatic rings. The maximum Gasteiger partial charge on any atom is 0.305 e. The predicted molar refractivity (Wildman–Crippen MR) is 93.4 cm³/mol. The van der Waals surface area contributed by atoms with Crippen molar-refractivity contribution in [1.82, 2.24) is 0 Å². The molecule has 0 aromatic carbocycles. The first-order chi connectivity index (χ1) is 10.7. The lowest BCUT2D eigenvalue weighted by Gasteiger charge is -2.06. The second-order valence-corrected chi connectivity index (χ2v) is 6.04. The monoisotopic (exact) mass is 312 g/mol. The normalized spacial score (nSPS) is 10.6. The zero-order chi connectivity index (χ0) is 16.5. The minimum atomic E-state index is -0.0838. The summed E-state index contributed by atoms with van der Waals surface area (Å²) < 4.78 is 5.20. The van der Waals surface area contributed by atoms with Crippen LogP contribution in [0.25, 0.3) is 0 Å². The van der Waals surface area contributed by atoms with E-state index in [0.717, 1.165) is 32.1 Å². The van der Waals surface area contributed by atoms with Gasteiger partial charge in [0.25, 0.3) is 0 Å². The molecular formula is C18H36N2O2. The number of hydrogen-bond acceptors (Lipinski definition) is 4. The van der Waals surface area contributed by atoms with E-state index in [1.54, 1.807) is 0 Å². The van der Waals surface area contributed by atoms with Crippen molar-refractivity contribution >= 4 is 11.7 Å². The zero-order valence-electron chi connectivity index (χ0n) is 14.5. The molecule has 130 valence electrons. The molecule has 0 bridgehead atoms. The van der Waals surface area contributed by atoms with Crippen molar-refractivity contribution in [3.63, 3.8) is 0 Å². The molecule has 0 fully saturated rings. The van der Waals surface area contributed by atoms with Crippen molar-refractivity contribution in [2.24, 2.45) is 5.73 Å². The number of ether oxygens (including phenoxy) is 1. The Morgan fingerprint density at radius 2 is 1.45 bits per heavy atom. The molecule has 3 N–H and O–H groups in total. The van der Waals surface area contributed by atoms with Gasteiger partial charge in [0.15, 0.2) is 0 Å². The van der Waals surface area contributed by atoms with E-state index in [-0.39, 0.29) is 5.97 Å². The number of carbonyl (C=O) groups excluding carboxylic acids is 1. The van der Waals surface area contributed by atoms with Crippen LogP contribution in [0, 0.1) is 5.41 Å². The third-order valence-electron chi connectivity index (χ3n) is 3.80. The Kier molecular flexibility index (Phi) is 15.8. The summed E-state index contributed by atoms with van der Waals surface area (Å²) in [4.78, 5) is 11.5. The molecule has 0 spiro atoms.